The zero-order valence-electron chi connectivity index (χ0n) is 13.1. The van der Waals surface area contributed by atoms with Gasteiger partial charge < -0.3 is 5.32 Å². The molecule has 2 fully saturated rings. The topological polar surface area (TPSA) is 15.3 Å². The Hall–Kier alpha value is -1.02. The maximum Gasteiger partial charge on any atom is 0.0375 e. The summed E-state index contributed by atoms with van der Waals surface area (Å²) in [6.07, 6.45) is 11.3. The van der Waals surface area contributed by atoms with E-state index < -0.39 is 0 Å². The molecule has 0 spiro atoms. The number of fused-ring (bicyclic) bond motifs is 2. The molecule has 2 aliphatic heterocycles. The van der Waals surface area contributed by atoms with Gasteiger partial charge in [0.1, 0.15) is 0 Å². The lowest BCUT2D eigenvalue weighted by molar-refractivity contribution is 0.0545. The maximum atomic E-state index is 3.58. The highest BCUT2D eigenvalue weighted by Gasteiger charge is 2.33. The molecule has 1 aromatic rings. The number of rotatable bonds is 2. The first-order valence-electron chi connectivity index (χ1n) is 9.00. The van der Waals surface area contributed by atoms with Crippen LogP contribution in [0.25, 0.3) is 0 Å². The number of hydrogen-bond donors (Lipinski definition) is 1. The molecule has 4 rings (SSSR count). The number of likely N-dealkylation sites (tertiary alicyclic amines) is 1. The number of piperidine rings is 1. The Kier molecular flexibility index (Phi) is 3.89. The van der Waals surface area contributed by atoms with Gasteiger partial charge >= 0.3 is 0 Å². The van der Waals surface area contributed by atoms with E-state index in [4.69, 9.17) is 0 Å². The first-order valence-corrected chi connectivity index (χ1v) is 9.00. The van der Waals surface area contributed by atoms with Crippen molar-refractivity contribution < 1.29 is 0 Å². The second-order valence-corrected chi connectivity index (χ2v) is 7.20. The lowest BCUT2D eigenvalue weighted by Crippen LogP contribution is -2.46. The van der Waals surface area contributed by atoms with Crippen LogP contribution in [0.5, 0.6) is 0 Å². The van der Waals surface area contributed by atoms with Gasteiger partial charge in [0.25, 0.3) is 0 Å². The van der Waals surface area contributed by atoms with E-state index in [1.54, 1.807) is 11.1 Å². The predicted octanol–water partition coefficient (Wildman–Crippen LogP) is 4.20. The monoisotopic (exact) mass is 284 g/mol. The molecule has 0 bridgehead atoms. The Balaban J connectivity index is 1.55. The van der Waals surface area contributed by atoms with Crippen LogP contribution in [0.4, 0.5) is 5.69 Å². The average molecular weight is 284 g/mol. The summed E-state index contributed by atoms with van der Waals surface area (Å²) in [6, 6.07) is 7.75. The minimum Gasteiger partial charge on any atom is -0.385 e. The molecule has 0 radical (unpaired) electrons. The SMILES string of the molecule is c1cc(CN2CCCC3CCCCC32)c2c(c1)NCCC2. The molecule has 1 N–H and O–H groups in total. The van der Waals surface area contributed by atoms with Crippen molar-refractivity contribution in [2.45, 2.75) is 64.0 Å². The van der Waals surface area contributed by atoms with Gasteiger partial charge in [0.05, 0.1) is 0 Å². The molecule has 21 heavy (non-hydrogen) atoms. The van der Waals surface area contributed by atoms with Gasteiger partial charge in [0, 0.05) is 24.8 Å². The van der Waals surface area contributed by atoms with Crippen molar-refractivity contribution in [1.82, 2.24) is 4.90 Å². The zero-order chi connectivity index (χ0) is 14.1. The van der Waals surface area contributed by atoms with E-state index in [-0.39, 0.29) is 0 Å². The third-order valence-electron chi connectivity index (χ3n) is 5.92. The summed E-state index contributed by atoms with van der Waals surface area (Å²) < 4.78 is 0. The van der Waals surface area contributed by atoms with Gasteiger partial charge in [-0.15, -0.1) is 0 Å². The quantitative estimate of drug-likeness (QED) is 0.875. The molecule has 2 unspecified atom stereocenters. The number of nitrogens with one attached hydrogen (secondary N) is 1. The smallest absolute Gasteiger partial charge is 0.0375 e. The fraction of sp³-hybridized carbons (Fsp3) is 0.684. The first-order chi connectivity index (χ1) is 10.4. The van der Waals surface area contributed by atoms with Gasteiger partial charge in [-0.2, -0.15) is 0 Å². The van der Waals surface area contributed by atoms with Crippen molar-refractivity contribution in [3.8, 4) is 0 Å². The normalized spacial score (nSPS) is 29.3. The van der Waals surface area contributed by atoms with Gasteiger partial charge in [-0.25, -0.2) is 0 Å². The molecule has 1 saturated heterocycles. The van der Waals surface area contributed by atoms with Gasteiger partial charge in [0.15, 0.2) is 0 Å². The number of hydrogen-bond acceptors (Lipinski definition) is 2. The van der Waals surface area contributed by atoms with E-state index in [0.717, 1.165) is 18.5 Å². The number of anilines is 1. The van der Waals surface area contributed by atoms with Crippen LogP contribution in [-0.4, -0.2) is 24.0 Å². The Bertz CT molecular complexity index is 494. The molecule has 0 amide bonds. The Morgan fingerprint density at radius 1 is 1.05 bits per heavy atom. The average Bonchev–Trinajstić information content (AvgIpc) is 2.56. The molecule has 114 valence electrons. The van der Waals surface area contributed by atoms with Gasteiger partial charge in [-0.1, -0.05) is 25.0 Å². The van der Waals surface area contributed by atoms with E-state index in [2.05, 4.69) is 28.4 Å². The number of benzene rings is 1. The third kappa shape index (κ3) is 2.70. The summed E-state index contributed by atoms with van der Waals surface area (Å²) in [5.41, 5.74) is 4.59. The zero-order valence-corrected chi connectivity index (χ0v) is 13.1. The van der Waals surface area contributed by atoms with Crippen LogP contribution in [-0.2, 0) is 13.0 Å². The largest absolute Gasteiger partial charge is 0.385 e. The van der Waals surface area contributed by atoms with E-state index in [1.807, 2.05) is 0 Å². The molecule has 2 heterocycles. The van der Waals surface area contributed by atoms with Crippen LogP contribution < -0.4 is 5.32 Å². The molecule has 2 atom stereocenters. The molecular formula is C19H28N2. The van der Waals surface area contributed by atoms with Crippen LogP contribution in [0, 0.1) is 5.92 Å². The van der Waals surface area contributed by atoms with Crippen LogP contribution in [0.1, 0.15) is 56.1 Å². The van der Waals surface area contributed by atoms with Crippen LogP contribution in [0.15, 0.2) is 18.2 Å². The third-order valence-corrected chi connectivity index (χ3v) is 5.92. The van der Waals surface area contributed by atoms with Crippen molar-refractivity contribution in [2.75, 3.05) is 18.4 Å². The summed E-state index contributed by atoms with van der Waals surface area (Å²) in [5, 5.41) is 3.58. The summed E-state index contributed by atoms with van der Waals surface area (Å²) in [5.74, 6) is 0.991. The minimum atomic E-state index is 0.875. The molecular weight excluding hydrogens is 256 g/mol. The highest BCUT2D eigenvalue weighted by atomic mass is 15.2. The lowest BCUT2D eigenvalue weighted by atomic mass is 9.78. The predicted molar refractivity (Wildman–Crippen MR) is 88.6 cm³/mol. The van der Waals surface area contributed by atoms with Crippen LogP contribution >= 0.6 is 0 Å². The van der Waals surface area contributed by atoms with Gasteiger partial charge in [0.2, 0.25) is 0 Å². The first kappa shape index (κ1) is 13.6. The van der Waals surface area contributed by atoms with Crippen molar-refractivity contribution in [2.24, 2.45) is 5.92 Å². The Labute approximate surface area is 128 Å². The van der Waals surface area contributed by atoms with E-state index in [9.17, 15) is 0 Å². The summed E-state index contributed by atoms with van der Waals surface area (Å²) in [7, 11) is 0. The van der Waals surface area contributed by atoms with E-state index in [1.165, 1.54) is 70.1 Å². The van der Waals surface area contributed by atoms with Crippen molar-refractivity contribution >= 4 is 5.69 Å². The Morgan fingerprint density at radius 2 is 1.95 bits per heavy atom. The number of nitrogens with zero attached hydrogens (tertiary/aromatic N) is 1. The summed E-state index contributed by atoms with van der Waals surface area (Å²) >= 11 is 0. The lowest BCUT2D eigenvalue weighted by Gasteiger charge is -2.44. The van der Waals surface area contributed by atoms with Gasteiger partial charge in [-0.05, 0) is 68.2 Å². The maximum absolute atomic E-state index is 3.58. The highest BCUT2D eigenvalue weighted by molar-refractivity contribution is 5.56. The van der Waals surface area contributed by atoms with Gasteiger partial charge in [-0.3, -0.25) is 4.90 Å². The molecule has 3 aliphatic rings. The van der Waals surface area contributed by atoms with Crippen molar-refractivity contribution in [3.63, 3.8) is 0 Å². The summed E-state index contributed by atoms with van der Waals surface area (Å²) in [4.78, 5) is 2.82. The molecule has 0 aromatic heterocycles. The van der Waals surface area contributed by atoms with E-state index >= 15 is 0 Å². The molecule has 2 nitrogen and oxygen atoms in total. The highest BCUT2D eigenvalue weighted by Crippen LogP contribution is 2.36. The molecule has 2 heteroatoms. The fourth-order valence-electron chi connectivity index (χ4n) is 4.87. The van der Waals surface area contributed by atoms with Crippen molar-refractivity contribution in [3.05, 3.63) is 29.3 Å². The molecule has 1 aromatic carbocycles. The standard InChI is InChI=1S/C19H28N2/c1-2-11-19-15(6-1)8-5-13-21(19)14-16-7-3-10-18-17(16)9-4-12-20-18/h3,7,10,15,19-20H,1-2,4-6,8-9,11-14H2. The second kappa shape index (κ2) is 6.00. The fourth-order valence-corrected chi connectivity index (χ4v) is 4.87. The van der Waals surface area contributed by atoms with Crippen LogP contribution in [0.3, 0.4) is 0 Å². The van der Waals surface area contributed by atoms with E-state index in [0.29, 0.717) is 0 Å². The summed E-state index contributed by atoms with van der Waals surface area (Å²) in [6.45, 7) is 3.65. The second-order valence-electron chi connectivity index (χ2n) is 7.20. The Morgan fingerprint density at radius 3 is 2.95 bits per heavy atom. The molecule has 1 saturated carbocycles. The minimum absolute atomic E-state index is 0.875. The molecule has 1 aliphatic carbocycles. The van der Waals surface area contributed by atoms with Crippen molar-refractivity contribution in [1.29, 1.82) is 0 Å². The van der Waals surface area contributed by atoms with Crippen LogP contribution in [0.2, 0.25) is 0 Å².